The number of aliphatic hydroxyl groups excluding tert-OH is 1. The number of furan rings is 1. The Hall–Kier alpha value is -3.76. The van der Waals surface area contributed by atoms with E-state index in [0.717, 1.165) is 36.1 Å². The molecule has 3 amide bonds. The van der Waals surface area contributed by atoms with Crippen molar-refractivity contribution in [1.29, 1.82) is 0 Å². The van der Waals surface area contributed by atoms with E-state index in [1.807, 2.05) is 50.2 Å². The van der Waals surface area contributed by atoms with E-state index in [4.69, 9.17) is 4.42 Å². The van der Waals surface area contributed by atoms with Gasteiger partial charge in [-0.1, -0.05) is 36.4 Å². The van der Waals surface area contributed by atoms with Crippen molar-refractivity contribution in [2.75, 3.05) is 5.88 Å². The van der Waals surface area contributed by atoms with E-state index in [9.17, 15) is 24.6 Å². The molecule has 1 aromatic heterocycles. The van der Waals surface area contributed by atoms with Crippen molar-refractivity contribution in [3.05, 3.63) is 88.9 Å². The maximum Gasteiger partial charge on any atom is 0.254 e. The molecule has 222 valence electrons. The van der Waals surface area contributed by atoms with Crippen LogP contribution in [0.5, 0.6) is 5.75 Å². The first kappa shape index (κ1) is 29.7. The number of aryl methyl sites for hydroxylation is 1. The lowest BCUT2D eigenvalue weighted by Gasteiger charge is -2.34. The van der Waals surface area contributed by atoms with Crippen LogP contribution in [0.3, 0.4) is 0 Å². The number of carbonyl (C=O) groups is 3. The lowest BCUT2D eigenvalue weighted by atomic mass is 9.92. The molecule has 4 N–H and O–H groups in total. The highest BCUT2D eigenvalue weighted by atomic mass is 32.2. The van der Waals surface area contributed by atoms with Crippen molar-refractivity contribution in [3.8, 4) is 5.75 Å². The first-order chi connectivity index (χ1) is 20.1. The van der Waals surface area contributed by atoms with Crippen molar-refractivity contribution in [1.82, 2.24) is 15.5 Å². The average Bonchev–Trinajstić information content (AvgIpc) is 3.58. The van der Waals surface area contributed by atoms with E-state index in [-0.39, 0.29) is 35.6 Å². The van der Waals surface area contributed by atoms with Gasteiger partial charge in [0.1, 0.15) is 17.6 Å². The number of hydrogen-bond donors (Lipinski definition) is 4. The van der Waals surface area contributed by atoms with Gasteiger partial charge in [0.25, 0.3) is 11.8 Å². The molecule has 1 aliphatic heterocycles. The van der Waals surface area contributed by atoms with Gasteiger partial charge in [-0.3, -0.25) is 14.4 Å². The number of benzene rings is 2. The summed E-state index contributed by atoms with van der Waals surface area (Å²) in [5.41, 5.74) is 2.42. The number of aromatic hydroxyl groups is 1. The molecule has 0 unspecified atom stereocenters. The number of hydrogen-bond acceptors (Lipinski definition) is 7. The molecular formula is C32H37N3O6S. The molecule has 1 saturated heterocycles. The first-order valence-electron chi connectivity index (χ1n) is 14.2. The summed E-state index contributed by atoms with van der Waals surface area (Å²) in [6.45, 7) is 5.46. The molecule has 1 aliphatic carbocycles. The summed E-state index contributed by atoms with van der Waals surface area (Å²) in [6, 6.07) is 13.8. The SMILES string of the molecule is Cc1c(O)cccc1C(=O)N[C@@H](Cc1ccccc1)[C@H](O)C(=O)N1CSC(C)(C)[C@@H]1C(=O)N[C@H]1CCCc2occc21. The second kappa shape index (κ2) is 12.2. The summed E-state index contributed by atoms with van der Waals surface area (Å²) >= 11 is 1.47. The van der Waals surface area contributed by atoms with Crippen LogP contribution in [0.15, 0.2) is 65.3 Å². The standard InChI is InChI=1S/C32H37N3O6S/c1-19-21(11-7-13-25(19)36)29(38)34-24(17-20-9-5-4-6-10-20)27(37)31(40)35-18-42-32(2,3)28(35)30(39)33-23-12-8-14-26-22(23)15-16-41-26/h4-7,9-11,13,15-16,23-24,27-28,36-37H,8,12,14,17-18H2,1-3H3,(H,33,39)(H,34,38)/t23-,24-,27-,28-/m0/s1. The number of nitrogens with zero attached hydrogens (tertiary/aromatic N) is 1. The number of fused-ring (bicyclic) bond motifs is 1. The highest BCUT2D eigenvalue weighted by Crippen LogP contribution is 2.41. The highest BCUT2D eigenvalue weighted by Gasteiger charge is 2.50. The molecule has 3 aromatic rings. The molecule has 0 saturated carbocycles. The van der Waals surface area contributed by atoms with Crippen LogP contribution in [0.4, 0.5) is 0 Å². The van der Waals surface area contributed by atoms with Crippen LogP contribution in [0, 0.1) is 6.92 Å². The number of nitrogens with one attached hydrogen (secondary N) is 2. The zero-order chi connectivity index (χ0) is 30.0. The van der Waals surface area contributed by atoms with Crippen molar-refractivity contribution >= 4 is 29.5 Å². The van der Waals surface area contributed by atoms with Gasteiger partial charge in [-0.15, -0.1) is 11.8 Å². The van der Waals surface area contributed by atoms with E-state index in [2.05, 4.69) is 10.6 Å². The van der Waals surface area contributed by atoms with Crippen molar-refractivity contribution in [2.24, 2.45) is 0 Å². The van der Waals surface area contributed by atoms with Crippen LogP contribution < -0.4 is 10.6 Å². The van der Waals surface area contributed by atoms with Gasteiger partial charge in [-0.2, -0.15) is 0 Å². The zero-order valence-electron chi connectivity index (χ0n) is 24.0. The first-order valence-corrected chi connectivity index (χ1v) is 15.2. The Morgan fingerprint density at radius 2 is 1.88 bits per heavy atom. The van der Waals surface area contributed by atoms with Gasteiger partial charge in [0, 0.05) is 27.9 Å². The zero-order valence-corrected chi connectivity index (χ0v) is 24.8. The summed E-state index contributed by atoms with van der Waals surface area (Å²) in [7, 11) is 0. The van der Waals surface area contributed by atoms with Crippen LogP contribution >= 0.6 is 11.8 Å². The molecule has 42 heavy (non-hydrogen) atoms. The number of phenols is 1. The molecule has 0 spiro atoms. The fourth-order valence-electron chi connectivity index (χ4n) is 5.87. The monoisotopic (exact) mass is 591 g/mol. The van der Waals surface area contributed by atoms with Gasteiger partial charge in [0.05, 0.1) is 24.2 Å². The summed E-state index contributed by atoms with van der Waals surface area (Å²) in [6.07, 6.45) is 2.68. The smallest absolute Gasteiger partial charge is 0.254 e. The third-order valence-electron chi connectivity index (χ3n) is 8.24. The Bertz CT molecular complexity index is 1460. The molecule has 1 fully saturated rings. The third-order valence-corrected chi connectivity index (χ3v) is 9.62. The number of phenolic OH excluding ortho intramolecular Hbond substituents is 1. The Morgan fingerprint density at radius 3 is 2.64 bits per heavy atom. The minimum absolute atomic E-state index is 0.0235. The number of carbonyl (C=O) groups excluding carboxylic acids is 3. The number of rotatable bonds is 8. The normalized spacial score (nSPS) is 20.8. The summed E-state index contributed by atoms with van der Waals surface area (Å²) in [4.78, 5) is 42.4. The van der Waals surface area contributed by atoms with Gasteiger partial charge in [0.15, 0.2) is 6.10 Å². The Labute approximate surface area is 249 Å². The number of thioether (sulfide) groups is 1. The molecule has 2 aliphatic rings. The van der Waals surface area contributed by atoms with Crippen LogP contribution in [0.1, 0.15) is 65.5 Å². The summed E-state index contributed by atoms with van der Waals surface area (Å²) in [5, 5.41) is 27.6. The maximum atomic E-state index is 13.9. The second-order valence-corrected chi connectivity index (χ2v) is 13.1. The molecular weight excluding hydrogens is 554 g/mol. The molecule has 4 atom stereocenters. The molecule has 2 aromatic carbocycles. The Kier molecular flexibility index (Phi) is 8.65. The van der Waals surface area contributed by atoms with Gasteiger partial charge >= 0.3 is 0 Å². The third kappa shape index (κ3) is 6.05. The largest absolute Gasteiger partial charge is 0.508 e. The topological polar surface area (TPSA) is 132 Å². The second-order valence-electron chi connectivity index (χ2n) is 11.5. The van der Waals surface area contributed by atoms with Crippen molar-refractivity contribution < 1.29 is 29.0 Å². The molecule has 2 heterocycles. The molecule has 9 nitrogen and oxygen atoms in total. The Morgan fingerprint density at radius 1 is 1.12 bits per heavy atom. The van der Waals surface area contributed by atoms with E-state index in [1.54, 1.807) is 25.3 Å². The fraction of sp³-hybridized carbons (Fsp3) is 0.406. The highest BCUT2D eigenvalue weighted by molar-refractivity contribution is 8.00. The van der Waals surface area contributed by atoms with Crippen molar-refractivity contribution in [2.45, 2.75) is 75.4 Å². The predicted molar refractivity (Wildman–Crippen MR) is 160 cm³/mol. The Balaban J connectivity index is 1.38. The van der Waals surface area contributed by atoms with E-state index >= 15 is 0 Å². The quantitative estimate of drug-likeness (QED) is 0.313. The van der Waals surface area contributed by atoms with Crippen LogP contribution in [-0.2, 0) is 22.4 Å². The van der Waals surface area contributed by atoms with Crippen LogP contribution in [-0.4, -0.2) is 61.6 Å². The van der Waals surface area contributed by atoms with E-state index in [1.165, 1.54) is 22.7 Å². The van der Waals surface area contributed by atoms with Gasteiger partial charge in [0.2, 0.25) is 5.91 Å². The molecule has 0 radical (unpaired) electrons. The lowest BCUT2D eigenvalue weighted by Crippen LogP contribution is -2.59. The van der Waals surface area contributed by atoms with Crippen LogP contribution in [0.2, 0.25) is 0 Å². The molecule has 10 heteroatoms. The lowest BCUT2D eigenvalue weighted by molar-refractivity contribution is -0.147. The van der Waals surface area contributed by atoms with Gasteiger partial charge < -0.3 is 30.2 Å². The number of aliphatic hydroxyl groups is 1. The van der Waals surface area contributed by atoms with Crippen molar-refractivity contribution in [3.63, 3.8) is 0 Å². The van der Waals surface area contributed by atoms with Gasteiger partial charge in [-0.05, 0) is 63.8 Å². The predicted octanol–water partition coefficient (Wildman–Crippen LogP) is 3.87. The average molecular weight is 592 g/mol. The summed E-state index contributed by atoms with van der Waals surface area (Å²) < 4.78 is 4.97. The molecule has 0 bridgehead atoms. The minimum atomic E-state index is -1.62. The fourth-order valence-corrected chi connectivity index (χ4v) is 7.01. The van der Waals surface area contributed by atoms with E-state index < -0.39 is 34.7 Å². The van der Waals surface area contributed by atoms with Crippen LogP contribution in [0.25, 0.3) is 0 Å². The molecule has 5 rings (SSSR count). The summed E-state index contributed by atoms with van der Waals surface area (Å²) in [5.74, 6) is -0.366. The van der Waals surface area contributed by atoms with Gasteiger partial charge in [-0.25, -0.2) is 0 Å². The number of amides is 3. The minimum Gasteiger partial charge on any atom is -0.508 e. The van der Waals surface area contributed by atoms with E-state index in [0.29, 0.717) is 5.56 Å². The maximum absolute atomic E-state index is 13.9.